The van der Waals surface area contributed by atoms with Crippen LogP contribution in [0.2, 0.25) is 0 Å². The van der Waals surface area contributed by atoms with Crippen LogP contribution in [0.25, 0.3) is 0 Å². The summed E-state index contributed by atoms with van der Waals surface area (Å²) in [6.45, 7) is 8.04. The molecule has 0 bridgehead atoms. The fourth-order valence-corrected chi connectivity index (χ4v) is 3.72. The Kier molecular flexibility index (Phi) is 10.6. The Morgan fingerprint density at radius 1 is 1.06 bits per heavy atom. The lowest BCUT2D eigenvalue weighted by atomic mass is 9.90. The standard InChI is InChI=1S/C23H32N2O2.C2H2O4/c1-18(2)17-27-22-8-4-3-6-20(22)10-9-19-11-14-25(15-12-19)16-21-7-5-13-24-23(21)26;3-1(4)2(5)6/h3-8,13,18-19H,9-12,14-17H2,1-2H3,(H,24,26);(H,3,4)(H,5,6). The zero-order valence-corrected chi connectivity index (χ0v) is 19.3. The summed E-state index contributed by atoms with van der Waals surface area (Å²) in [6, 6.07) is 12.3. The second kappa shape index (κ2) is 13.4. The molecule has 180 valence electrons. The average molecular weight is 459 g/mol. The van der Waals surface area contributed by atoms with Gasteiger partial charge in [0, 0.05) is 18.3 Å². The number of H-pyrrole nitrogens is 1. The molecule has 3 N–H and O–H groups in total. The number of pyridine rings is 1. The van der Waals surface area contributed by atoms with Crippen LogP contribution in [0.1, 0.15) is 44.2 Å². The molecule has 3 rings (SSSR count). The number of aliphatic carboxylic acids is 2. The van der Waals surface area contributed by atoms with Crippen LogP contribution in [-0.4, -0.2) is 51.7 Å². The topological polar surface area (TPSA) is 120 Å². The number of carboxylic acid groups (broad SMARTS) is 2. The van der Waals surface area contributed by atoms with Gasteiger partial charge in [-0.2, -0.15) is 0 Å². The third-order valence-electron chi connectivity index (χ3n) is 5.55. The highest BCUT2D eigenvalue weighted by molar-refractivity contribution is 6.27. The van der Waals surface area contributed by atoms with Crippen LogP contribution in [-0.2, 0) is 22.6 Å². The molecule has 1 saturated heterocycles. The van der Waals surface area contributed by atoms with Crippen molar-refractivity contribution in [1.29, 1.82) is 0 Å². The number of aryl methyl sites for hydroxylation is 1. The number of ether oxygens (including phenoxy) is 1. The summed E-state index contributed by atoms with van der Waals surface area (Å²) in [5.74, 6) is -1.30. The lowest BCUT2D eigenvalue weighted by molar-refractivity contribution is -0.159. The van der Waals surface area contributed by atoms with Gasteiger partial charge in [0.05, 0.1) is 6.61 Å². The number of likely N-dealkylation sites (tertiary alicyclic amines) is 1. The Morgan fingerprint density at radius 3 is 2.30 bits per heavy atom. The minimum Gasteiger partial charge on any atom is -0.493 e. The number of carbonyl (C=O) groups is 2. The molecule has 8 nitrogen and oxygen atoms in total. The quantitative estimate of drug-likeness (QED) is 0.519. The van der Waals surface area contributed by atoms with Crippen LogP contribution in [0.3, 0.4) is 0 Å². The Bertz CT molecular complexity index is 936. The van der Waals surface area contributed by atoms with Crippen molar-refractivity contribution < 1.29 is 24.5 Å². The first-order valence-corrected chi connectivity index (χ1v) is 11.3. The van der Waals surface area contributed by atoms with Gasteiger partial charge in [0.2, 0.25) is 0 Å². The number of rotatable bonds is 8. The molecule has 0 aliphatic carbocycles. The molecular formula is C25H34N2O6. The maximum atomic E-state index is 11.8. The smallest absolute Gasteiger partial charge is 0.414 e. The van der Waals surface area contributed by atoms with Gasteiger partial charge < -0.3 is 19.9 Å². The van der Waals surface area contributed by atoms with Crippen LogP contribution in [0.4, 0.5) is 0 Å². The predicted octanol–water partition coefficient (Wildman–Crippen LogP) is 3.41. The van der Waals surface area contributed by atoms with E-state index in [-0.39, 0.29) is 5.56 Å². The van der Waals surface area contributed by atoms with Gasteiger partial charge in [0.15, 0.2) is 0 Å². The molecule has 0 atom stereocenters. The highest BCUT2D eigenvalue weighted by Crippen LogP contribution is 2.26. The zero-order chi connectivity index (χ0) is 24.2. The van der Waals surface area contributed by atoms with Crippen LogP contribution < -0.4 is 10.3 Å². The highest BCUT2D eigenvalue weighted by atomic mass is 16.5. The number of piperidine rings is 1. The fourth-order valence-electron chi connectivity index (χ4n) is 3.72. The van der Waals surface area contributed by atoms with Crippen LogP contribution >= 0.6 is 0 Å². The average Bonchev–Trinajstić information content (AvgIpc) is 2.79. The monoisotopic (exact) mass is 458 g/mol. The van der Waals surface area contributed by atoms with Crippen LogP contribution in [0, 0.1) is 11.8 Å². The number of aromatic nitrogens is 1. The Labute approximate surface area is 194 Å². The van der Waals surface area contributed by atoms with E-state index in [1.54, 1.807) is 6.20 Å². The van der Waals surface area contributed by atoms with Crippen molar-refractivity contribution in [3.63, 3.8) is 0 Å². The molecule has 0 spiro atoms. The molecule has 1 fully saturated rings. The van der Waals surface area contributed by atoms with E-state index in [9.17, 15) is 4.79 Å². The van der Waals surface area contributed by atoms with Crippen LogP contribution in [0.15, 0.2) is 47.4 Å². The Hall–Kier alpha value is -3.13. The van der Waals surface area contributed by atoms with Gasteiger partial charge in [-0.25, -0.2) is 9.59 Å². The van der Waals surface area contributed by atoms with Gasteiger partial charge in [-0.15, -0.1) is 0 Å². The second-order valence-electron chi connectivity index (χ2n) is 8.71. The van der Waals surface area contributed by atoms with Crippen molar-refractivity contribution in [2.24, 2.45) is 11.8 Å². The first kappa shape index (κ1) is 26.1. The minimum absolute atomic E-state index is 0.0395. The minimum atomic E-state index is -1.82. The van der Waals surface area contributed by atoms with Crippen molar-refractivity contribution in [3.05, 3.63) is 64.1 Å². The van der Waals surface area contributed by atoms with E-state index >= 15 is 0 Å². The van der Waals surface area contributed by atoms with Gasteiger partial charge in [-0.3, -0.25) is 9.69 Å². The normalized spacial score (nSPS) is 14.4. The third-order valence-corrected chi connectivity index (χ3v) is 5.55. The molecule has 1 aromatic carbocycles. The van der Waals surface area contributed by atoms with Gasteiger partial charge in [0.25, 0.3) is 5.56 Å². The summed E-state index contributed by atoms with van der Waals surface area (Å²) in [6.07, 6.45) is 6.40. The summed E-state index contributed by atoms with van der Waals surface area (Å²) < 4.78 is 5.99. The summed E-state index contributed by atoms with van der Waals surface area (Å²) in [4.78, 5) is 35.2. The summed E-state index contributed by atoms with van der Waals surface area (Å²) in [7, 11) is 0. The maximum absolute atomic E-state index is 11.8. The van der Waals surface area contributed by atoms with Crippen LogP contribution in [0.5, 0.6) is 5.75 Å². The van der Waals surface area contributed by atoms with E-state index in [0.717, 1.165) is 49.9 Å². The maximum Gasteiger partial charge on any atom is 0.414 e. The molecule has 2 heterocycles. The molecular weight excluding hydrogens is 424 g/mol. The number of para-hydroxylation sites is 1. The zero-order valence-electron chi connectivity index (χ0n) is 19.3. The third kappa shape index (κ3) is 9.49. The van der Waals surface area contributed by atoms with E-state index in [2.05, 4.69) is 48.0 Å². The largest absolute Gasteiger partial charge is 0.493 e. The molecule has 2 aromatic rings. The summed E-state index contributed by atoms with van der Waals surface area (Å²) >= 11 is 0. The van der Waals surface area contributed by atoms with E-state index < -0.39 is 11.9 Å². The number of hydrogen-bond donors (Lipinski definition) is 3. The van der Waals surface area contributed by atoms with Gasteiger partial charge in [-0.1, -0.05) is 38.1 Å². The fraction of sp³-hybridized carbons (Fsp3) is 0.480. The number of benzene rings is 1. The second-order valence-corrected chi connectivity index (χ2v) is 8.71. The lowest BCUT2D eigenvalue weighted by Crippen LogP contribution is -2.35. The highest BCUT2D eigenvalue weighted by Gasteiger charge is 2.20. The molecule has 0 amide bonds. The van der Waals surface area contributed by atoms with Crippen molar-refractivity contribution in [2.45, 2.75) is 46.1 Å². The molecule has 33 heavy (non-hydrogen) atoms. The number of hydrogen-bond acceptors (Lipinski definition) is 5. The predicted molar refractivity (Wildman–Crippen MR) is 125 cm³/mol. The van der Waals surface area contributed by atoms with E-state index in [4.69, 9.17) is 24.5 Å². The molecule has 1 aromatic heterocycles. The molecule has 0 saturated carbocycles. The number of nitrogens with zero attached hydrogens (tertiary/aromatic N) is 1. The Balaban J connectivity index is 0.000000569. The van der Waals surface area contributed by atoms with Crippen molar-refractivity contribution in [1.82, 2.24) is 9.88 Å². The number of carboxylic acids is 2. The van der Waals surface area contributed by atoms with Gasteiger partial charge >= 0.3 is 11.9 Å². The van der Waals surface area contributed by atoms with Gasteiger partial charge in [0.1, 0.15) is 5.75 Å². The summed E-state index contributed by atoms with van der Waals surface area (Å²) in [5.41, 5.74) is 2.24. The molecule has 1 aliphatic rings. The van der Waals surface area contributed by atoms with Crippen molar-refractivity contribution in [3.8, 4) is 5.75 Å². The van der Waals surface area contributed by atoms with Crippen molar-refractivity contribution in [2.75, 3.05) is 19.7 Å². The molecule has 0 unspecified atom stereocenters. The first-order chi connectivity index (χ1) is 15.8. The molecule has 0 radical (unpaired) electrons. The number of aromatic amines is 1. The first-order valence-electron chi connectivity index (χ1n) is 11.3. The van der Waals surface area contributed by atoms with Crippen molar-refractivity contribution >= 4 is 11.9 Å². The molecule has 8 heteroatoms. The van der Waals surface area contributed by atoms with Gasteiger partial charge in [-0.05, 0) is 68.3 Å². The van der Waals surface area contributed by atoms with E-state index in [1.807, 2.05) is 12.1 Å². The Morgan fingerprint density at radius 2 is 1.70 bits per heavy atom. The molecule has 1 aliphatic heterocycles. The SMILES string of the molecule is CC(C)COc1ccccc1CCC1CCN(Cc2ccc[nH]c2=O)CC1.O=C(O)C(=O)O. The lowest BCUT2D eigenvalue weighted by Gasteiger charge is -2.32. The van der Waals surface area contributed by atoms with E-state index in [0.29, 0.717) is 5.92 Å². The van der Waals surface area contributed by atoms with E-state index in [1.165, 1.54) is 24.8 Å². The summed E-state index contributed by atoms with van der Waals surface area (Å²) in [5, 5.41) is 14.8. The number of nitrogens with one attached hydrogen (secondary N) is 1.